The molecule has 1 atom stereocenters. The Labute approximate surface area is 165 Å². The number of aryl methyl sites for hydroxylation is 1. The van der Waals surface area contributed by atoms with Gasteiger partial charge in [0.25, 0.3) is 0 Å². The fraction of sp³-hybridized carbons (Fsp3) is 0.381. The van der Waals surface area contributed by atoms with Gasteiger partial charge in [0.1, 0.15) is 5.82 Å². The van der Waals surface area contributed by atoms with Crippen molar-refractivity contribution in [2.45, 2.75) is 38.1 Å². The normalized spacial score (nSPS) is 20.7. The Balaban J connectivity index is 1.74. The topological polar surface area (TPSA) is 66.5 Å². The van der Waals surface area contributed by atoms with Gasteiger partial charge in [0, 0.05) is 19.6 Å². The molecule has 0 aromatic heterocycles. The van der Waals surface area contributed by atoms with Crippen LogP contribution in [0.4, 0.5) is 4.39 Å². The second kappa shape index (κ2) is 8.01. The van der Waals surface area contributed by atoms with Gasteiger partial charge in [-0.2, -0.15) is 4.31 Å². The third-order valence-corrected chi connectivity index (χ3v) is 7.27. The molecular formula is C21H25FN2O3S. The Bertz CT molecular complexity index is 977. The van der Waals surface area contributed by atoms with E-state index in [2.05, 4.69) is 5.32 Å². The Kier molecular flexibility index (Phi) is 5.86. The molecule has 2 aromatic carbocycles. The maximum Gasteiger partial charge on any atom is 0.243 e. The summed E-state index contributed by atoms with van der Waals surface area (Å²) in [4.78, 5) is 13.1. The van der Waals surface area contributed by atoms with Crippen LogP contribution in [0.3, 0.4) is 0 Å². The molecule has 5 nitrogen and oxygen atoms in total. The van der Waals surface area contributed by atoms with Crippen LogP contribution in [0.1, 0.15) is 30.9 Å². The van der Waals surface area contributed by atoms with E-state index in [1.54, 1.807) is 50.2 Å². The van der Waals surface area contributed by atoms with Crippen LogP contribution in [0.25, 0.3) is 0 Å². The number of nitrogens with zero attached hydrogens (tertiary/aromatic N) is 1. The average Bonchev–Trinajstić information content (AvgIpc) is 2.66. The number of halogens is 1. The third-order valence-electron chi connectivity index (χ3n) is 5.26. The fourth-order valence-corrected chi connectivity index (χ4v) is 5.44. The number of rotatable bonds is 5. The van der Waals surface area contributed by atoms with Crippen LogP contribution >= 0.6 is 0 Å². The number of carbonyl (C=O) groups is 1. The lowest BCUT2D eigenvalue weighted by Gasteiger charge is -2.38. The summed E-state index contributed by atoms with van der Waals surface area (Å²) in [6.07, 6.45) is 1.21. The lowest BCUT2D eigenvalue weighted by atomic mass is 9.82. The highest BCUT2D eigenvalue weighted by Crippen LogP contribution is 2.33. The molecule has 0 bridgehead atoms. The van der Waals surface area contributed by atoms with Gasteiger partial charge in [-0.1, -0.05) is 30.3 Å². The molecule has 150 valence electrons. The molecule has 1 heterocycles. The smallest absolute Gasteiger partial charge is 0.243 e. The predicted molar refractivity (Wildman–Crippen MR) is 106 cm³/mol. The van der Waals surface area contributed by atoms with Crippen molar-refractivity contribution in [3.63, 3.8) is 0 Å². The number of piperidine rings is 1. The van der Waals surface area contributed by atoms with E-state index in [1.807, 2.05) is 0 Å². The second-order valence-corrected chi connectivity index (χ2v) is 9.49. The minimum Gasteiger partial charge on any atom is -0.352 e. The number of amides is 1. The van der Waals surface area contributed by atoms with E-state index < -0.39 is 15.4 Å². The lowest BCUT2D eigenvalue weighted by Crippen LogP contribution is -2.51. The maximum atomic E-state index is 13.3. The van der Waals surface area contributed by atoms with Crippen molar-refractivity contribution < 1.29 is 17.6 Å². The number of sulfonamides is 1. The molecule has 0 spiro atoms. The van der Waals surface area contributed by atoms with Gasteiger partial charge >= 0.3 is 0 Å². The molecule has 28 heavy (non-hydrogen) atoms. The Morgan fingerprint density at radius 3 is 2.68 bits per heavy atom. The first-order valence-corrected chi connectivity index (χ1v) is 10.7. The summed E-state index contributed by atoms with van der Waals surface area (Å²) in [6, 6.07) is 12.9. The van der Waals surface area contributed by atoms with Gasteiger partial charge in [0.05, 0.1) is 10.3 Å². The first-order valence-electron chi connectivity index (χ1n) is 9.31. The highest BCUT2D eigenvalue weighted by molar-refractivity contribution is 7.89. The van der Waals surface area contributed by atoms with Crippen molar-refractivity contribution >= 4 is 15.9 Å². The van der Waals surface area contributed by atoms with Crippen molar-refractivity contribution in [1.82, 2.24) is 9.62 Å². The van der Waals surface area contributed by atoms with Gasteiger partial charge in [-0.05, 0) is 56.0 Å². The van der Waals surface area contributed by atoms with E-state index in [9.17, 15) is 17.6 Å². The highest BCUT2D eigenvalue weighted by atomic mass is 32.2. The van der Waals surface area contributed by atoms with E-state index in [1.165, 1.54) is 16.4 Å². The monoisotopic (exact) mass is 404 g/mol. The first-order chi connectivity index (χ1) is 13.2. The zero-order chi connectivity index (χ0) is 20.4. The quantitative estimate of drug-likeness (QED) is 0.832. The summed E-state index contributed by atoms with van der Waals surface area (Å²) in [7, 11) is -3.67. The molecule has 0 aliphatic carbocycles. The molecule has 3 rings (SSSR count). The largest absolute Gasteiger partial charge is 0.352 e. The zero-order valence-electron chi connectivity index (χ0n) is 16.1. The van der Waals surface area contributed by atoms with Gasteiger partial charge < -0.3 is 5.32 Å². The Morgan fingerprint density at radius 2 is 1.96 bits per heavy atom. The number of benzene rings is 2. The number of carbonyl (C=O) groups excluding carboxylic acids is 1. The molecule has 7 heteroatoms. The minimum atomic E-state index is -3.67. The van der Waals surface area contributed by atoms with Gasteiger partial charge in [0.2, 0.25) is 15.9 Å². The highest BCUT2D eigenvalue weighted by Gasteiger charge is 2.42. The van der Waals surface area contributed by atoms with E-state index >= 15 is 0 Å². The second-order valence-electron chi connectivity index (χ2n) is 7.58. The fourth-order valence-electron chi connectivity index (χ4n) is 3.61. The van der Waals surface area contributed by atoms with E-state index in [4.69, 9.17) is 0 Å². The van der Waals surface area contributed by atoms with Gasteiger partial charge in [0.15, 0.2) is 0 Å². The molecule has 1 saturated heterocycles. The summed E-state index contributed by atoms with van der Waals surface area (Å²) in [6.45, 7) is 4.27. The molecule has 0 saturated carbocycles. The van der Waals surface area contributed by atoms with Crippen LogP contribution < -0.4 is 5.32 Å². The third kappa shape index (κ3) is 4.25. The molecule has 1 aliphatic heterocycles. The SMILES string of the molecule is Cc1ccccc1S(=O)(=O)N1CCCC(C)(C(=O)NCc2cccc(F)c2)C1. The standard InChI is InChI=1S/C21H25FN2O3S/c1-16-7-3-4-10-19(16)28(26,27)24-12-6-11-21(2,15-24)20(25)23-14-17-8-5-9-18(22)13-17/h3-5,7-10,13H,6,11-12,14-15H2,1-2H3,(H,23,25). The van der Waals surface area contributed by atoms with Crippen molar-refractivity contribution in [2.24, 2.45) is 5.41 Å². The molecule has 1 amide bonds. The lowest BCUT2D eigenvalue weighted by molar-refractivity contribution is -0.132. The molecule has 1 fully saturated rings. The predicted octanol–water partition coefficient (Wildman–Crippen LogP) is 3.24. The van der Waals surface area contributed by atoms with Crippen LogP contribution in [0, 0.1) is 18.2 Å². The van der Waals surface area contributed by atoms with Crippen LogP contribution in [0.2, 0.25) is 0 Å². The van der Waals surface area contributed by atoms with Crippen molar-refractivity contribution in [3.05, 3.63) is 65.5 Å². The summed E-state index contributed by atoms with van der Waals surface area (Å²) in [5.74, 6) is -0.576. The van der Waals surface area contributed by atoms with Crippen LogP contribution in [0.5, 0.6) is 0 Å². The molecular weight excluding hydrogens is 379 g/mol. The maximum absolute atomic E-state index is 13.3. The van der Waals surface area contributed by atoms with Crippen molar-refractivity contribution in [3.8, 4) is 0 Å². The first kappa shape index (κ1) is 20.5. The zero-order valence-corrected chi connectivity index (χ0v) is 16.9. The minimum absolute atomic E-state index is 0.124. The number of nitrogens with one attached hydrogen (secondary N) is 1. The summed E-state index contributed by atoms with van der Waals surface area (Å²) < 4.78 is 40.9. The van der Waals surface area contributed by atoms with E-state index in [-0.39, 0.29) is 29.7 Å². The molecule has 0 radical (unpaired) electrons. The Hall–Kier alpha value is -2.25. The number of hydrogen-bond donors (Lipinski definition) is 1. The van der Waals surface area contributed by atoms with E-state index in [0.29, 0.717) is 30.5 Å². The van der Waals surface area contributed by atoms with Crippen molar-refractivity contribution in [1.29, 1.82) is 0 Å². The van der Waals surface area contributed by atoms with Gasteiger partial charge in [-0.15, -0.1) is 0 Å². The summed E-state index contributed by atoms with van der Waals surface area (Å²) in [5, 5.41) is 2.83. The number of hydrogen-bond acceptors (Lipinski definition) is 3. The Morgan fingerprint density at radius 1 is 1.21 bits per heavy atom. The van der Waals surface area contributed by atoms with Crippen molar-refractivity contribution in [2.75, 3.05) is 13.1 Å². The average molecular weight is 405 g/mol. The van der Waals surface area contributed by atoms with Crippen LogP contribution in [-0.4, -0.2) is 31.7 Å². The van der Waals surface area contributed by atoms with Gasteiger partial charge in [-0.25, -0.2) is 12.8 Å². The van der Waals surface area contributed by atoms with Crippen LogP contribution in [-0.2, 0) is 21.4 Å². The van der Waals surface area contributed by atoms with Gasteiger partial charge in [-0.3, -0.25) is 4.79 Å². The van der Waals surface area contributed by atoms with Crippen LogP contribution in [0.15, 0.2) is 53.4 Å². The molecule has 1 unspecified atom stereocenters. The summed E-state index contributed by atoms with van der Waals surface area (Å²) >= 11 is 0. The summed E-state index contributed by atoms with van der Waals surface area (Å²) in [5.41, 5.74) is 0.518. The molecule has 1 N–H and O–H groups in total. The molecule has 1 aliphatic rings. The van der Waals surface area contributed by atoms with E-state index in [0.717, 1.165) is 0 Å². The molecule has 2 aromatic rings.